The fourth-order valence-electron chi connectivity index (χ4n) is 1.15. The Bertz CT molecular complexity index is 452. The Morgan fingerprint density at radius 1 is 1.38 bits per heavy atom. The number of hydrogen-bond donors (Lipinski definition) is 0. The molecule has 1 nitrogen and oxygen atoms in total. The van der Waals surface area contributed by atoms with Crippen LogP contribution in [0.1, 0.15) is 0 Å². The zero-order valence-corrected chi connectivity index (χ0v) is 10.5. The first kappa shape index (κ1) is 9.55. The number of hydrogen-bond acceptors (Lipinski definition) is 2. The highest BCUT2D eigenvalue weighted by atomic mass is 127. The molecule has 1 aromatic heterocycles. The van der Waals surface area contributed by atoms with Gasteiger partial charge in [-0.2, -0.15) is 0 Å². The van der Waals surface area contributed by atoms with E-state index in [9.17, 15) is 0 Å². The number of halogens is 2. The van der Waals surface area contributed by atoms with Crippen molar-refractivity contribution >= 4 is 55.6 Å². The molecule has 2 rings (SSSR count). The molecule has 0 unspecified atom stereocenters. The molecule has 13 heavy (non-hydrogen) atoms. The maximum absolute atomic E-state index is 5.94. The predicted octanol–water partition coefficient (Wildman–Crippen LogP) is 4.17. The normalized spacial score (nSPS) is 10.7. The van der Waals surface area contributed by atoms with E-state index >= 15 is 0 Å². The summed E-state index contributed by atoms with van der Waals surface area (Å²) in [6.07, 6.45) is 0. The summed E-state index contributed by atoms with van der Waals surface area (Å²) < 4.78 is 7.58. The smallest absolute Gasteiger partial charge is 0.174 e. The lowest BCUT2D eigenvalue weighted by Crippen LogP contribution is -1.73. The highest BCUT2D eigenvalue weighted by Gasteiger charge is 2.06. The van der Waals surface area contributed by atoms with Crippen molar-refractivity contribution in [3.63, 3.8) is 0 Å². The van der Waals surface area contributed by atoms with Gasteiger partial charge in [-0.3, -0.25) is 0 Å². The van der Waals surface area contributed by atoms with Crippen molar-refractivity contribution in [2.24, 2.45) is 0 Å². The molecule has 0 fully saturated rings. The molecular weight excluding hydrogens is 319 g/mol. The molecule has 0 aliphatic carbocycles. The van der Waals surface area contributed by atoms with Gasteiger partial charge in [0.25, 0.3) is 0 Å². The summed E-state index contributed by atoms with van der Waals surface area (Å²) in [4.78, 5) is 0. The van der Waals surface area contributed by atoms with E-state index < -0.39 is 0 Å². The van der Waals surface area contributed by atoms with E-state index in [-0.39, 0.29) is 0 Å². The maximum Gasteiger partial charge on any atom is 0.174 e. The van der Waals surface area contributed by atoms with E-state index in [1.165, 1.54) is 8.27 Å². The molecule has 2 aromatic rings. The summed E-state index contributed by atoms with van der Waals surface area (Å²) in [5, 5.41) is 2.85. The van der Waals surface area contributed by atoms with E-state index in [0.717, 1.165) is 15.5 Å². The van der Waals surface area contributed by atoms with Crippen LogP contribution in [0.4, 0.5) is 0 Å². The summed E-state index contributed by atoms with van der Waals surface area (Å²) in [7, 11) is 1.68. The first-order valence-electron chi connectivity index (χ1n) is 3.63. The predicted molar refractivity (Wildman–Crippen MR) is 66.1 cm³/mol. The van der Waals surface area contributed by atoms with E-state index in [4.69, 9.17) is 16.3 Å². The van der Waals surface area contributed by atoms with Crippen molar-refractivity contribution in [1.29, 1.82) is 0 Å². The van der Waals surface area contributed by atoms with Crippen LogP contribution in [0.2, 0.25) is 5.02 Å². The van der Waals surface area contributed by atoms with Crippen LogP contribution < -0.4 is 4.74 Å². The second-order valence-corrected chi connectivity index (χ2v) is 5.19. The molecule has 0 N–H and O–H groups in total. The van der Waals surface area contributed by atoms with Crippen molar-refractivity contribution in [3.05, 3.63) is 26.8 Å². The Labute approximate surface area is 98.8 Å². The topological polar surface area (TPSA) is 9.23 Å². The first-order valence-corrected chi connectivity index (χ1v) is 5.90. The maximum atomic E-state index is 5.94. The van der Waals surface area contributed by atoms with Gasteiger partial charge in [0.2, 0.25) is 0 Å². The Hall–Kier alpha value is -0.0000000000000000833. The molecule has 1 heterocycles. The standard InChI is InChI=1S/C9H6ClIOS/c1-12-8-3-5-2-6(10)4-7(11)9(5)13-8/h2-4H,1H3. The van der Waals surface area contributed by atoms with Gasteiger partial charge in [-0.25, -0.2) is 0 Å². The zero-order chi connectivity index (χ0) is 9.42. The summed E-state index contributed by atoms with van der Waals surface area (Å²) in [6, 6.07) is 5.92. The summed E-state index contributed by atoms with van der Waals surface area (Å²) in [5.74, 6) is 0. The molecule has 0 aliphatic rings. The molecule has 1 aromatic carbocycles. The third-order valence-corrected chi connectivity index (χ3v) is 4.29. The quantitative estimate of drug-likeness (QED) is 0.716. The van der Waals surface area contributed by atoms with Crippen molar-refractivity contribution < 1.29 is 4.74 Å². The van der Waals surface area contributed by atoms with Gasteiger partial charge in [0, 0.05) is 8.59 Å². The van der Waals surface area contributed by atoms with Crippen LogP contribution in [-0.2, 0) is 0 Å². The van der Waals surface area contributed by atoms with E-state index in [0.29, 0.717) is 0 Å². The third-order valence-electron chi connectivity index (χ3n) is 1.71. The fraction of sp³-hybridized carbons (Fsp3) is 0.111. The van der Waals surface area contributed by atoms with E-state index in [1.807, 2.05) is 18.2 Å². The Morgan fingerprint density at radius 2 is 2.15 bits per heavy atom. The molecule has 0 saturated heterocycles. The molecule has 0 saturated carbocycles. The average Bonchev–Trinajstić information content (AvgIpc) is 2.47. The summed E-state index contributed by atoms with van der Waals surface area (Å²) >= 11 is 9.86. The van der Waals surface area contributed by atoms with Gasteiger partial charge in [-0.05, 0) is 46.2 Å². The van der Waals surface area contributed by atoms with Crippen LogP contribution in [-0.4, -0.2) is 7.11 Å². The molecule has 0 spiro atoms. The van der Waals surface area contributed by atoms with Crippen LogP contribution in [0.15, 0.2) is 18.2 Å². The van der Waals surface area contributed by atoms with Crippen molar-refractivity contribution in [1.82, 2.24) is 0 Å². The molecule has 0 radical (unpaired) electrons. The minimum Gasteiger partial charge on any atom is -0.487 e. The number of benzene rings is 1. The van der Waals surface area contributed by atoms with Crippen molar-refractivity contribution in [3.8, 4) is 5.06 Å². The summed E-state index contributed by atoms with van der Waals surface area (Å²) in [5.41, 5.74) is 0. The highest BCUT2D eigenvalue weighted by molar-refractivity contribution is 14.1. The fourth-order valence-corrected chi connectivity index (χ4v) is 3.40. The Balaban J connectivity index is 2.75. The monoisotopic (exact) mass is 324 g/mol. The Morgan fingerprint density at radius 3 is 2.85 bits per heavy atom. The van der Waals surface area contributed by atoms with Crippen LogP contribution in [0.5, 0.6) is 5.06 Å². The van der Waals surface area contributed by atoms with Gasteiger partial charge in [0.15, 0.2) is 5.06 Å². The SMILES string of the molecule is COc1cc2cc(Cl)cc(I)c2s1. The van der Waals surface area contributed by atoms with Gasteiger partial charge in [0.1, 0.15) is 0 Å². The van der Waals surface area contributed by atoms with Crippen molar-refractivity contribution in [2.75, 3.05) is 7.11 Å². The van der Waals surface area contributed by atoms with Gasteiger partial charge in [-0.1, -0.05) is 22.9 Å². The second-order valence-electron chi connectivity index (χ2n) is 2.58. The molecule has 0 aliphatic heterocycles. The van der Waals surface area contributed by atoms with Crippen LogP contribution >= 0.6 is 45.5 Å². The third kappa shape index (κ3) is 1.78. The molecule has 0 bridgehead atoms. The van der Waals surface area contributed by atoms with Gasteiger partial charge >= 0.3 is 0 Å². The molecule has 4 heteroatoms. The van der Waals surface area contributed by atoms with Crippen LogP contribution in [0, 0.1) is 3.57 Å². The lowest BCUT2D eigenvalue weighted by molar-refractivity contribution is 0.427. The number of rotatable bonds is 1. The van der Waals surface area contributed by atoms with Gasteiger partial charge in [-0.15, -0.1) is 0 Å². The highest BCUT2D eigenvalue weighted by Crippen LogP contribution is 2.36. The minimum atomic E-state index is 0.775. The van der Waals surface area contributed by atoms with Crippen molar-refractivity contribution in [2.45, 2.75) is 0 Å². The van der Waals surface area contributed by atoms with E-state index in [1.54, 1.807) is 18.4 Å². The van der Waals surface area contributed by atoms with Gasteiger partial charge in [0.05, 0.1) is 11.8 Å². The zero-order valence-electron chi connectivity index (χ0n) is 6.80. The number of methoxy groups -OCH3 is 1. The number of ether oxygens (including phenoxy) is 1. The van der Waals surface area contributed by atoms with E-state index in [2.05, 4.69) is 22.6 Å². The number of fused-ring (bicyclic) bond motifs is 1. The van der Waals surface area contributed by atoms with Crippen LogP contribution in [0.3, 0.4) is 0 Å². The average molecular weight is 325 g/mol. The Kier molecular flexibility index (Phi) is 2.67. The molecular formula is C9H6ClIOS. The molecule has 0 amide bonds. The van der Waals surface area contributed by atoms with Crippen LogP contribution in [0.25, 0.3) is 10.1 Å². The van der Waals surface area contributed by atoms with Gasteiger partial charge < -0.3 is 4.74 Å². The first-order chi connectivity index (χ1) is 6.20. The largest absolute Gasteiger partial charge is 0.487 e. The molecule has 0 atom stereocenters. The lowest BCUT2D eigenvalue weighted by atomic mass is 10.3. The second kappa shape index (κ2) is 3.63. The summed E-state index contributed by atoms with van der Waals surface area (Å²) in [6.45, 7) is 0. The number of thiophene rings is 1. The molecule has 68 valence electrons. The lowest BCUT2D eigenvalue weighted by Gasteiger charge is -1.93. The minimum absolute atomic E-state index is 0.775.